The summed E-state index contributed by atoms with van der Waals surface area (Å²) in [5.41, 5.74) is 1.06. The zero-order valence-corrected chi connectivity index (χ0v) is 13.2. The van der Waals surface area contributed by atoms with Crippen LogP contribution in [-0.2, 0) is 6.54 Å². The van der Waals surface area contributed by atoms with E-state index in [2.05, 4.69) is 10.6 Å². The molecule has 1 rings (SSSR count). The maximum absolute atomic E-state index is 11.6. The first-order valence-electron chi connectivity index (χ1n) is 6.89. The van der Waals surface area contributed by atoms with Gasteiger partial charge in [-0.3, -0.25) is 0 Å². The number of urea groups is 1. The van der Waals surface area contributed by atoms with Gasteiger partial charge in [0.1, 0.15) is 0 Å². The molecule has 2 atom stereocenters. The van der Waals surface area contributed by atoms with E-state index in [-0.39, 0.29) is 18.5 Å². The molecule has 20 heavy (non-hydrogen) atoms. The van der Waals surface area contributed by atoms with E-state index in [1.54, 1.807) is 11.8 Å². The van der Waals surface area contributed by atoms with Crippen LogP contribution in [0.3, 0.4) is 0 Å². The highest BCUT2D eigenvalue weighted by Gasteiger charge is 2.12. The molecule has 0 aliphatic heterocycles. The Morgan fingerprint density at radius 2 is 1.95 bits per heavy atom. The van der Waals surface area contributed by atoms with Gasteiger partial charge in [-0.15, -0.1) is 11.8 Å². The van der Waals surface area contributed by atoms with E-state index in [1.807, 2.05) is 44.4 Å². The van der Waals surface area contributed by atoms with E-state index in [0.717, 1.165) is 12.0 Å². The number of carbonyl (C=O) groups excluding carboxylic acids is 1. The van der Waals surface area contributed by atoms with Crippen LogP contribution in [0.25, 0.3) is 0 Å². The molecule has 0 fully saturated rings. The molecule has 4 nitrogen and oxygen atoms in total. The van der Waals surface area contributed by atoms with Gasteiger partial charge in [-0.2, -0.15) is 0 Å². The van der Waals surface area contributed by atoms with Gasteiger partial charge in [0.05, 0.1) is 6.10 Å². The maximum atomic E-state index is 11.6. The molecule has 112 valence electrons. The first-order valence-corrected chi connectivity index (χ1v) is 8.12. The Balaban J connectivity index is 2.28. The van der Waals surface area contributed by atoms with Gasteiger partial charge >= 0.3 is 6.03 Å². The normalized spacial score (nSPS) is 13.6. The van der Waals surface area contributed by atoms with Gasteiger partial charge in [0.2, 0.25) is 0 Å². The van der Waals surface area contributed by atoms with E-state index in [1.165, 1.54) is 4.90 Å². The van der Waals surface area contributed by atoms with Crippen molar-refractivity contribution in [3.63, 3.8) is 0 Å². The van der Waals surface area contributed by atoms with Crippen LogP contribution < -0.4 is 10.6 Å². The lowest BCUT2D eigenvalue weighted by atomic mass is 10.0. The van der Waals surface area contributed by atoms with Gasteiger partial charge in [-0.1, -0.05) is 32.4 Å². The summed E-state index contributed by atoms with van der Waals surface area (Å²) < 4.78 is 0. The summed E-state index contributed by atoms with van der Waals surface area (Å²) in [4.78, 5) is 12.8. The first-order chi connectivity index (χ1) is 9.56. The quantitative estimate of drug-likeness (QED) is 0.678. The second-order valence-electron chi connectivity index (χ2n) is 4.86. The van der Waals surface area contributed by atoms with Crippen molar-refractivity contribution in [3.05, 3.63) is 29.8 Å². The van der Waals surface area contributed by atoms with Gasteiger partial charge in [-0.25, -0.2) is 4.79 Å². The van der Waals surface area contributed by atoms with Crippen molar-refractivity contribution in [1.82, 2.24) is 10.6 Å². The zero-order valence-electron chi connectivity index (χ0n) is 12.3. The Hall–Kier alpha value is -1.20. The number of carbonyl (C=O) groups is 1. The largest absolute Gasteiger partial charge is 0.391 e. The third-order valence-electron chi connectivity index (χ3n) is 3.38. The van der Waals surface area contributed by atoms with Crippen molar-refractivity contribution in [2.45, 2.75) is 37.8 Å². The fourth-order valence-corrected chi connectivity index (χ4v) is 2.07. The minimum atomic E-state index is -0.494. The number of thioether (sulfide) groups is 1. The Morgan fingerprint density at radius 1 is 1.30 bits per heavy atom. The van der Waals surface area contributed by atoms with E-state index < -0.39 is 6.10 Å². The number of amides is 2. The minimum Gasteiger partial charge on any atom is -0.391 e. The second-order valence-corrected chi connectivity index (χ2v) is 5.74. The number of aliphatic hydroxyl groups excluding tert-OH is 1. The van der Waals surface area contributed by atoms with E-state index in [0.29, 0.717) is 6.54 Å². The molecule has 0 aliphatic carbocycles. The summed E-state index contributed by atoms with van der Waals surface area (Å²) in [6.45, 7) is 4.76. The van der Waals surface area contributed by atoms with Crippen molar-refractivity contribution >= 4 is 17.8 Å². The highest BCUT2D eigenvalue weighted by molar-refractivity contribution is 7.98. The number of benzene rings is 1. The molecule has 1 aromatic rings. The van der Waals surface area contributed by atoms with Gasteiger partial charge in [0.25, 0.3) is 0 Å². The lowest BCUT2D eigenvalue weighted by molar-refractivity contribution is 0.114. The summed E-state index contributed by atoms with van der Waals surface area (Å²) in [7, 11) is 0. The number of nitrogens with one attached hydrogen (secondary N) is 2. The Bertz CT molecular complexity index is 409. The monoisotopic (exact) mass is 296 g/mol. The molecular weight excluding hydrogens is 272 g/mol. The van der Waals surface area contributed by atoms with Crippen LogP contribution in [0.15, 0.2) is 29.2 Å². The van der Waals surface area contributed by atoms with E-state index in [9.17, 15) is 9.90 Å². The summed E-state index contributed by atoms with van der Waals surface area (Å²) in [5, 5.41) is 15.2. The molecule has 0 heterocycles. The molecule has 0 spiro atoms. The SMILES string of the molecule is CCC(C)C(O)CNC(=O)NCc1ccc(SC)cc1. The van der Waals surface area contributed by atoms with Crippen LogP contribution in [0, 0.1) is 5.92 Å². The third-order valence-corrected chi connectivity index (χ3v) is 4.13. The van der Waals surface area contributed by atoms with Crippen LogP contribution >= 0.6 is 11.8 Å². The second kappa shape index (κ2) is 8.87. The lowest BCUT2D eigenvalue weighted by Crippen LogP contribution is -2.41. The van der Waals surface area contributed by atoms with Gasteiger partial charge in [0.15, 0.2) is 0 Å². The van der Waals surface area contributed by atoms with Gasteiger partial charge < -0.3 is 15.7 Å². The van der Waals surface area contributed by atoms with Crippen molar-refractivity contribution in [2.24, 2.45) is 5.92 Å². The minimum absolute atomic E-state index is 0.189. The van der Waals surface area contributed by atoms with Crippen molar-refractivity contribution in [2.75, 3.05) is 12.8 Å². The molecule has 2 unspecified atom stereocenters. The highest BCUT2D eigenvalue weighted by Crippen LogP contribution is 2.14. The molecule has 0 aromatic heterocycles. The molecule has 0 bridgehead atoms. The molecule has 1 aromatic carbocycles. The fraction of sp³-hybridized carbons (Fsp3) is 0.533. The summed E-state index contributed by atoms with van der Waals surface area (Å²) in [5.74, 6) is 0.189. The van der Waals surface area contributed by atoms with E-state index in [4.69, 9.17) is 0 Å². The molecule has 2 amide bonds. The maximum Gasteiger partial charge on any atom is 0.315 e. The summed E-state index contributed by atoms with van der Waals surface area (Å²) in [6.07, 6.45) is 2.43. The molecule has 0 saturated heterocycles. The van der Waals surface area contributed by atoms with E-state index >= 15 is 0 Å². The van der Waals surface area contributed by atoms with Crippen LogP contribution in [-0.4, -0.2) is 30.0 Å². The predicted octanol–water partition coefficient (Wildman–Crippen LogP) is 2.61. The summed E-state index contributed by atoms with van der Waals surface area (Å²) >= 11 is 1.69. The zero-order chi connectivity index (χ0) is 15.0. The smallest absolute Gasteiger partial charge is 0.315 e. The van der Waals surface area contributed by atoms with Crippen LogP contribution in [0.1, 0.15) is 25.8 Å². The molecule has 3 N–H and O–H groups in total. The number of rotatable bonds is 7. The molecule has 5 heteroatoms. The van der Waals surface area contributed by atoms with Crippen LogP contribution in [0.5, 0.6) is 0 Å². The van der Waals surface area contributed by atoms with Crippen LogP contribution in [0.4, 0.5) is 4.79 Å². The average molecular weight is 296 g/mol. The Kier molecular flexibility index (Phi) is 7.47. The molecule has 0 aliphatic rings. The predicted molar refractivity (Wildman–Crippen MR) is 83.9 cm³/mol. The fourth-order valence-electron chi connectivity index (χ4n) is 1.66. The van der Waals surface area contributed by atoms with Crippen molar-refractivity contribution in [3.8, 4) is 0 Å². The molecular formula is C15H24N2O2S. The number of hydrogen-bond acceptors (Lipinski definition) is 3. The van der Waals surface area contributed by atoms with Crippen molar-refractivity contribution in [1.29, 1.82) is 0 Å². The number of aliphatic hydroxyl groups is 1. The third kappa shape index (κ3) is 5.84. The van der Waals surface area contributed by atoms with Crippen LogP contribution in [0.2, 0.25) is 0 Å². The highest BCUT2D eigenvalue weighted by atomic mass is 32.2. The Morgan fingerprint density at radius 3 is 2.50 bits per heavy atom. The molecule has 0 saturated carbocycles. The van der Waals surface area contributed by atoms with Gasteiger partial charge in [0, 0.05) is 18.0 Å². The van der Waals surface area contributed by atoms with Crippen molar-refractivity contribution < 1.29 is 9.90 Å². The Labute approximate surface area is 125 Å². The molecule has 0 radical (unpaired) electrons. The lowest BCUT2D eigenvalue weighted by Gasteiger charge is -2.17. The van der Waals surface area contributed by atoms with Gasteiger partial charge in [-0.05, 0) is 29.9 Å². The first kappa shape index (κ1) is 16.9. The number of hydrogen-bond donors (Lipinski definition) is 3. The average Bonchev–Trinajstić information content (AvgIpc) is 2.50. The summed E-state index contributed by atoms with van der Waals surface area (Å²) in [6, 6.07) is 7.82. The standard InChI is InChI=1S/C15H24N2O2S/c1-4-11(2)14(18)10-17-15(19)16-9-12-5-7-13(20-3)8-6-12/h5-8,11,14,18H,4,9-10H2,1-3H3,(H2,16,17,19). The topological polar surface area (TPSA) is 61.4 Å².